The molecule has 0 saturated carbocycles. The molecule has 2 heterocycles. The quantitative estimate of drug-likeness (QED) is 0.199. The zero-order valence-electron chi connectivity index (χ0n) is 22.3. The van der Waals surface area contributed by atoms with Crippen LogP contribution in [0.25, 0.3) is 11.1 Å². The normalized spacial score (nSPS) is 13.4. The van der Waals surface area contributed by atoms with Gasteiger partial charge in [0.05, 0.1) is 6.61 Å². The maximum Gasteiger partial charge on any atom is 0.319 e. The third-order valence-corrected chi connectivity index (χ3v) is 6.92. The minimum atomic E-state index is -0.295. The van der Waals surface area contributed by atoms with Crippen molar-refractivity contribution >= 4 is 17.4 Å². The second-order valence-corrected chi connectivity index (χ2v) is 9.81. The number of benzene rings is 3. The van der Waals surface area contributed by atoms with Crippen LogP contribution < -0.4 is 26.0 Å². The lowest BCUT2D eigenvalue weighted by atomic mass is 9.95. The summed E-state index contributed by atoms with van der Waals surface area (Å²) in [5, 5.41) is 12.7. The summed E-state index contributed by atoms with van der Waals surface area (Å²) >= 11 is 0. The summed E-state index contributed by atoms with van der Waals surface area (Å²) in [6.45, 7) is 2.82. The molecule has 2 amide bonds. The maximum absolute atomic E-state index is 14.4. The fourth-order valence-electron chi connectivity index (χ4n) is 4.82. The van der Waals surface area contributed by atoms with E-state index in [9.17, 15) is 9.18 Å². The van der Waals surface area contributed by atoms with Crippen LogP contribution in [0, 0.1) is 5.82 Å². The van der Waals surface area contributed by atoms with Gasteiger partial charge in [0.1, 0.15) is 11.6 Å². The minimum absolute atomic E-state index is 0.260. The zero-order valence-corrected chi connectivity index (χ0v) is 22.3. The fraction of sp³-hybridized carbons (Fsp3) is 0.250. The van der Waals surface area contributed by atoms with Crippen LogP contribution >= 0.6 is 0 Å². The van der Waals surface area contributed by atoms with E-state index in [0.29, 0.717) is 37.1 Å². The first-order valence-electron chi connectivity index (χ1n) is 13.7. The van der Waals surface area contributed by atoms with Crippen LogP contribution in [0.2, 0.25) is 0 Å². The Hall–Kier alpha value is -4.43. The number of halogens is 1. The molecule has 1 saturated heterocycles. The Bertz CT molecular complexity index is 1390. The molecule has 4 aromatic rings. The van der Waals surface area contributed by atoms with Crippen molar-refractivity contribution in [3.05, 3.63) is 108 Å². The molecule has 40 heavy (non-hydrogen) atoms. The number of aromatic nitrogens is 1. The van der Waals surface area contributed by atoms with Crippen LogP contribution in [0.4, 0.5) is 20.6 Å². The smallest absolute Gasteiger partial charge is 0.319 e. The van der Waals surface area contributed by atoms with Gasteiger partial charge in [-0.25, -0.2) is 9.18 Å². The average molecular weight is 540 g/mol. The van der Waals surface area contributed by atoms with Gasteiger partial charge in [0, 0.05) is 48.3 Å². The Balaban J connectivity index is 1.17. The Morgan fingerprint density at radius 2 is 1.80 bits per heavy atom. The number of pyridine rings is 1. The second-order valence-electron chi connectivity index (χ2n) is 9.81. The molecule has 0 spiro atoms. The summed E-state index contributed by atoms with van der Waals surface area (Å²) in [6, 6.07) is 24.1. The lowest BCUT2D eigenvalue weighted by molar-refractivity contribution is 0.251. The van der Waals surface area contributed by atoms with Crippen LogP contribution in [0.15, 0.2) is 91.3 Å². The third-order valence-electron chi connectivity index (χ3n) is 6.92. The number of urea groups is 1. The van der Waals surface area contributed by atoms with Crippen LogP contribution in [0.1, 0.15) is 24.0 Å². The van der Waals surface area contributed by atoms with Gasteiger partial charge in [0.25, 0.3) is 0 Å². The van der Waals surface area contributed by atoms with E-state index in [4.69, 9.17) is 4.74 Å². The highest BCUT2D eigenvalue weighted by Crippen LogP contribution is 2.33. The number of nitrogens with one attached hydrogen (secondary N) is 4. The summed E-state index contributed by atoms with van der Waals surface area (Å²) in [4.78, 5) is 16.2. The molecule has 7 nitrogen and oxygen atoms in total. The second kappa shape index (κ2) is 13.6. The van der Waals surface area contributed by atoms with Crippen molar-refractivity contribution in [3.63, 3.8) is 0 Å². The standard InChI is InChI=1S/C32H34FN5O2/c33-25-8-7-24(30(20-25)29-5-1-2-6-31(29)37-27-13-17-34-18-14-27)15-19-40-28-11-9-26(10-12-28)38-32(39)36-22-23-4-3-16-35-21-23/h1-12,16,20-21,27,34,37H,13-15,17-19,22H2,(H2,36,38,39). The highest BCUT2D eigenvalue weighted by molar-refractivity contribution is 5.89. The first kappa shape index (κ1) is 27.1. The number of hydrogen-bond acceptors (Lipinski definition) is 5. The minimum Gasteiger partial charge on any atom is -0.493 e. The molecule has 8 heteroatoms. The monoisotopic (exact) mass is 539 g/mol. The van der Waals surface area contributed by atoms with Gasteiger partial charge in [0.2, 0.25) is 0 Å². The molecule has 0 aliphatic carbocycles. The topological polar surface area (TPSA) is 87.3 Å². The maximum atomic E-state index is 14.4. The Kier molecular flexibility index (Phi) is 9.21. The Morgan fingerprint density at radius 1 is 0.975 bits per heavy atom. The van der Waals surface area contributed by atoms with Gasteiger partial charge in [-0.05, 0) is 91.2 Å². The lowest BCUT2D eigenvalue weighted by Crippen LogP contribution is -2.35. The molecule has 1 aliphatic heterocycles. The van der Waals surface area contributed by atoms with Crippen molar-refractivity contribution in [1.29, 1.82) is 0 Å². The molecule has 0 bridgehead atoms. The summed E-state index contributed by atoms with van der Waals surface area (Å²) in [7, 11) is 0. The van der Waals surface area contributed by atoms with Gasteiger partial charge in [-0.15, -0.1) is 0 Å². The molecule has 1 fully saturated rings. The number of para-hydroxylation sites is 1. The number of carbonyl (C=O) groups excluding carboxylic acids is 1. The highest BCUT2D eigenvalue weighted by Gasteiger charge is 2.16. The first-order valence-corrected chi connectivity index (χ1v) is 13.7. The van der Waals surface area contributed by atoms with Crippen LogP contribution in [0.5, 0.6) is 5.75 Å². The SMILES string of the molecule is O=C(NCc1cccnc1)Nc1ccc(OCCc2ccc(F)cc2-c2ccccc2NC2CCNCC2)cc1. The molecule has 206 valence electrons. The predicted octanol–water partition coefficient (Wildman–Crippen LogP) is 5.99. The molecular formula is C32H34FN5O2. The van der Waals surface area contributed by atoms with E-state index < -0.39 is 0 Å². The van der Waals surface area contributed by atoms with Gasteiger partial charge in [-0.3, -0.25) is 4.98 Å². The largest absolute Gasteiger partial charge is 0.493 e. The molecule has 4 N–H and O–H groups in total. The molecular weight excluding hydrogens is 505 g/mol. The molecule has 1 aromatic heterocycles. The number of amides is 2. The molecule has 5 rings (SSSR count). The van der Waals surface area contributed by atoms with Crippen molar-refractivity contribution in [3.8, 4) is 16.9 Å². The first-order chi connectivity index (χ1) is 19.6. The van der Waals surface area contributed by atoms with Crippen LogP contribution in [-0.4, -0.2) is 36.8 Å². The van der Waals surface area contributed by atoms with Gasteiger partial charge >= 0.3 is 6.03 Å². The fourth-order valence-corrected chi connectivity index (χ4v) is 4.82. The van der Waals surface area contributed by atoms with E-state index in [-0.39, 0.29) is 11.8 Å². The van der Waals surface area contributed by atoms with Gasteiger partial charge in [-0.1, -0.05) is 30.3 Å². The third kappa shape index (κ3) is 7.57. The van der Waals surface area contributed by atoms with Crippen LogP contribution in [-0.2, 0) is 13.0 Å². The summed E-state index contributed by atoms with van der Waals surface area (Å²) in [5.74, 6) is 0.432. The van der Waals surface area contributed by atoms with E-state index in [1.807, 2.05) is 48.5 Å². The van der Waals surface area contributed by atoms with Crippen molar-refractivity contribution in [2.75, 3.05) is 30.3 Å². The Morgan fingerprint density at radius 3 is 2.60 bits per heavy atom. The average Bonchev–Trinajstić information content (AvgIpc) is 2.99. The van der Waals surface area contributed by atoms with Crippen molar-refractivity contribution in [1.82, 2.24) is 15.6 Å². The van der Waals surface area contributed by atoms with E-state index in [0.717, 1.165) is 53.9 Å². The number of hydrogen-bond donors (Lipinski definition) is 4. The zero-order chi connectivity index (χ0) is 27.6. The van der Waals surface area contributed by atoms with Gasteiger partial charge < -0.3 is 26.0 Å². The number of carbonyl (C=O) groups is 1. The highest BCUT2D eigenvalue weighted by atomic mass is 19.1. The number of rotatable bonds is 10. The number of nitrogens with zero attached hydrogens (tertiary/aromatic N) is 1. The van der Waals surface area contributed by atoms with E-state index in [1.54, 1.807) is 30.6 Å². The predicted molar refractivity (Wildman–Crippen MR) is 157 cm³/mol. The van der Waals surface area contributed by atoms with Gasteiger partial charge in [0.15, 0.2) is 0 Å². The van der Waals surface area contributed by atoms with Crippen molar-refractivity contribution in [2.45, 2.75) is 31.8 Å². The van der Waals surface area contributed by atoms with E-state index >= 15 is 0 Å². The molecule has 1 aliphatic rings. The summed E-state index contributed by atoms with van der Waals surface area (Å²) < 4.78 is 20.4. The van der Waals surface area contributed by atoms with Crippen molar-refractivity contribution in [2.24, 2.45) is 0 Å². The van der Waals surface area contributed by atoms with Crippen molar-refractivity contribution < 1.29 is 13.9 Å². The molecule has 0 radical (unpaired) electrons. The number of piperidine rings is 1. The lowest BCUT2D eigenvalue weighted by Gasteiger charge is -2.26. The number of anilines is 2. The Labute approximate surface area is 234 Å². The van der Waals surface area contributed by atoms with E-state index in [1.165, 1.54) is 6.07 Å². The van der Waals surface area contributed by atoms with Gasteiger partial charge in [-0.2, -0.15) is 0 Å². The molecule has 0 atom stereocenters. The number of ether oxygens (including phenoxy) is 1. The molecule has 3 aromatic carbocycles. The molecule has 0 unspecified atom stereocenters. The summed E-state index contributed by atoms with van der Waals surface area (Å²) in [6.07, 6.45) is 6.14. The van der Waals surface area contributed by atoms with Crippen LogP contribution in [0.3, 0.4) is 0 Å². The van der Waals surface area contributed by atoms with E-state index in [2.05, 4.69) is 32.3 Å². The summed E-state index contributed by atoms with van der Waals surface area (Å²) in [5.41, 5.74) is 5.49.